The van der Waals surface area contributed by atoms with Crippen molar-refractivity contribution in [3.05, 3.63) is 6.61 Å². The zero-order valence-electron chi connectivity index (χ0n) is 6.11. The molecule has 1 aliphatic heterocycles. The first kappa shape index (κ1) is 11.0. The van der Waals surface area contributed by atoms with Crippen LogP contribution in [-0.2, 0) is 37.4 Å². The fourth-order valence-electron chi connectivity index (χ4n) is 0.800. The van der Waals surface area contributed by atoms with Gasteiger partial charge in [-0.05, 0) is 20.0 Å². The van der Waals surface area contributed by atoms with Crippen molar-refractivity contribution in [1.82, 2.24) is 0 Å². The number of ether oxygens (including phenoxy) is 1. The molecule has 4 heteroatoms. The van der Waals surface area contributed by atoms with Crippen molar-refractivity contribution in [2.75, 3.05) is 0 Å². The Morgan fingerprint density at radius 1 is 1.40 bits per heavy atom. The van der Waals surface area contributed by atoms with Gasteiger partial charge in [-0.15, -0.1) is 0 Å². The molecule has 57 valence electrons. The first-order chi connectivity index (χ1) is 4.04. The normalized spacial score (nSPS) is 37.2. The summed E-state index contributed by atoms with van der Waals surface area (Å²) >= 11 is 0. The Morgan fingerprint density at radius 2 is 1.90 bits per heavy atom. The Kier molecular flexibility index (Phi) is 3.94. The second-order valence-electron chi connectivity index (χ2n) is 2.79. The van der Waals surface area contributed by atoms with Gasteiger partial charge in [-0.2, -0.15) is 6.61 Å². The average Bonchev–Trinajstić information content (AvgIpc) is 1.97. The molecule has 0 aromatic heterocycles. The summed E-state index contributed by atoms with van der Waals surface area (Å²) in [6.07, 6.45) is -1.63. The van der Waals surface area contributed by atoms with Gasteiger partial charge in [0, 0.05) is 32.7 Å². The fourth-order valence-corrected chi connectivity index (χ4v) is 0.800. The molecular weight excluding hydrogens is 209 g/mol. The monoisotopic (exact) mass is 220 g/mol. The smallest absolute Gasteiger partial charge is 0.0795 e. The van der Waals surface area contributed by atoms with Gasteiger partial charge in [-0.25, -0.2) is 0 Å². The minimum atomic E-state index is -0.833. The van der Waals surface area contributed by atoms with Gasteiger partial charge >= 0.3 is 0 Å². The largest absolute Gasteiger partial charge is 0.543 e. The van der Waals surface area contributed by atoms with Crippen LogP contribution in [0.2, 0.25) is 0 Å². The zero-order chi connectivity index (χ0) is 7.07. The predicted molar refractivity (Wildman–Crippen MR) is 31.5 cm³/mol. The maximum absolute atomic E-state index is 9.12. The van der Waals surface area contributed by atoms with Gasteiger partial charge in [-0.1, -0.05) is 0 Å². The molecule has 2 atom stereocenters. The summed E-state index contributed by atoms with van der Waals surface area (Å²) < 4.78 is 4.94. The van der Waals surface area contributed by atoms with Crippen LogP contribution in [0.5, 0.6) is 0 Å². The van der Waals surface area contributed by atoms with Crippen LogP contribution in [0.1, 0.15) is 13.8 Å². The minimum Gasteiger partial charge on any atom is -0.543 e. The van der Waals surface area contributed by atoms with Crippen LogP contribution in [-0.4, -0.2) is 28.0 Å². The summed E-state index contributed by atoms with van der Waals surface area (Å²) in [6.45, 7) is 4.71. The van der Waals surface area contributed by atoms with Gasteiger partial charge in [0.1, 0.15) is 0 Å². The Hall–Kier alpha value is 0.984. The molecule has 2 N–H and O–H groups in total. The third-order valence-electron chi connectivity index (χ3n) is 1.55. The third kappa shape index (κ3) is 1.99. The van der Waals surface area contributed by atoms with E-state index >= 15 is 0 Å². The van der Waals surface area contributed by atoms with Crippen molar-refractivity contribution in [3.63, 3.8) is 0 Å². The summed E-state index contributed by atoms with van der Waals surface area (Å²) in [6, 6.07) is 0. The third-order valence-corrected chi connectivity index (χ3v) is 1.55. The summed E-state index contributed by atoms with van der Waals surface area (Å²) in [5.74, 6) is 0. The van der Waals surface area contributed by atoms with Gasteiger partial charge < -0.3 is 14.9 Å². The van der Waals surface area contributed by atoms with Crippen molar-refractivity contribution < 1.29 is 47.7 Å². The van der Waals surface area contributed by atoms with Crippen LogP contribution in [0.3, 0.4) is 0 Å². The molecule has 0 aromatic rings. The molecule has 1 fully saturated rings. The van der Waals surface area contributed by atoms with Crippen molar-refractivity contribution in [1.29, 1.82) is 0 Å². The molecule has 0 spiro atoms. The van der Waals surface area contributed by atoms with E-state index in [1.54, 1.807) is 13.8 Å². The molecule has 2 unspecified atom stereocenters. The molecule has 0 aliphatic carbocycles. The summed E-state index contributed by atoms with van der Waals surface area (Å²) in [7, 11) is 0. The van der Waals surface area contributed by atoms with E-state index in [1.807, 2.05) is 0 Å². The summed E-state index contributed by atoms with van der Waals surface area (Å²) in [4.78, 5) is 0. The first-order valence-corrected chi connectivity index (χ1v) is 2.91. The molecule has 1 heterocycles. The van der Waals surface area contributed by atoms with Crippen LogP contribution in [0, 0.1) is 6.61 Å². The Morgan fingerprint density at radius 3 is 2.00 bits per heavy atom. The maximum Gasteiger partial charge on any atom is 0.0795 e. The van der Waals surface area contributed by atoms with E-state index in [4.69, 9.17) is 14.9 Å². The van der Waals surface area contributed by atoms with Crippen molar-refractivity contribution in [2.24, 2.45) is 0 Å². The van der Waals surface area contributed by atoms with E-state index in [0.29, 0.717) is 0 Å². The molecule has 1 saturated heterocycles. The molecule has 0 aromatic carbocycles. The van der Waals surface area contributed by atoms with Crippen molar-refractivity contribution in [3.8, 4) is 0 Å². The van der Waals surface area contributed by atoms with Gasteiger partial charge in [0.15, 0.2) is 0 Å². The predicted octanol–water partition coefficient (Wildman–Crippen LogP) is -0.324. The second kappa shape index (κ2) is 3.59. The van der Waals surface area contributed by atoms with E-state index in [2.05, 4.69) is 0 Å². The zero-order valence-corrected chi connectivity index (χ0v) is 8.95. The number of aliphatic hydroxyl groups is 2. The Balaban J connectivity index is 0.000000810. The fraction of sp³-hybridized carbons (Fsp3) is 0.833. The Bertz CT molecular complexity index is 116. The van der Waals surface area contributed by atoms with Crippen LogP contribution < -0.4 is 0 Å². The molecule has 0 bridgehead atoms. The number of aliphatic hydroxyl groups excluding tert-OH is 2. The molecule has 1 radical (unpaired) electrons. The second-order valence-corrected chi connectivity index (χ2v) is 2.79. The molecular formula is C6H11O3Y-. The molecule has 1 rings (SSSR count). The molecule has 3 nitrogen and oxygen atoms in total. The van der Waals surface area contributed by atoms with Gasteiger partial charge in [-0.3, -0.25) is 0 Å². The Labute approximate surface area is 85.6 Å². The standard InChI is InChI=1S/C6H11O3.Y/c1-6(2)5(8)4(7)3-9-6;/h3-5,7-8H,1-2H3;/q-1;. The molecule has 0 saturated carbocycles. The minimum absolute atomic E-state index is 0. The summed E-state index contributed by atoms with van der Waals surface area (Å²) in [5, 5.41) is 18.0. The topological polar surface area (TPSA) is 49.7 Å². The van der Waals surface area contributed by atoms with E-state index in [0.717, 1.165) is 0 Å². The summed E-state index contributed by atoms with van der Waals surface area (Å²) in [5.41, 5.74) is -0.626. The van der Waals surface area contributed by atoms with Crippen LogP contribution in [0.25, 0.3) is 0 Å². The molecule has 10 heavy (non-hydrogen) atoms. The number of hydrogen-bond acceptors (Lipinski definition) is 3. The van der Waals surface area contributed by atoms with Gasteiger partial charge in [0.25, 0.3) is 0 Å². The number of rotatable bonds is 0. The molecule has 1 aliphatic rings. The van der Waals surface area contributed by atoms with Crippen LogP contribution in [0.4, 0.5) is 0 Å². The van der Waals surface area contributed by atoms with Crippen LogP contribution >= 0.6 is 0 Å². The first-order valence-electron chi connectivity index (χ1n) is 2.91. The van der Waals surface area contributed by atoms with Gasteiger partial charge in [0.05, 0.1) is 11.7 Å². The van der Waals surface area contributed by atoms with Crippen LogP contribution in [0.15, 0.2) is 0 Å². The number of hydrogen-bond donors (Lipinski definition) is 2. The maximum atomic E-state index is 9.12. The van der Waals surface area contributed by atoms with Gasteiger partial charge in [0.2, 0.25) is 0 Å². The quantitative estimate of drug-likeness (QED) is 0.550. The average molecular weight is 220 g/mol. The van der Waals surface area contributed by atoms with E-state index in [1.165, 1.54) is 6.61 Å². The van der Waals surface area contributed by atoms with E-state index < -0.39 is 17.8 Å². The SMILES string of the molecule is CC1(C)O[CH-]C(O)C1O.[Y]. The van der Waals surface area contributed by atoms with Crippen molar-refractivity contribution >= 4 is 0 Å². The van der Waals surface area contributed by atoms with E-state index in [-0.39, 0.29) is 32.7 Å². The van der Waals surface area contributed by atoms with Crippen molar-refractivity contribution in [2.45, 2.75) is 31.7 Å². The van der Waals surface area contributed by atoms with E-state index in [9.17, 15) is 0 Å². The molecule has 0 amide bonds.